The third kappa shape index (κ3) is 17.2. The van der Waals surface area contributed by atoms with Gasteiger partial charge in [-0.15, -0.1) is 0 Å². The van der Waals surface area contributed by atoms with Crippen LogP contribution in [-0.4, -0.2) is 60.6 Å². The third-order valence-corrected chi connectivity index (χ3v) is 7.19. The van der Waals surface area contributed by atoms with Gasteiger partial charge in [0.15, 0.2) is 0 Å². The van der Waals surface area contributed by atoms with Crippen LogP contribution >= 0.6 is 0 Å². The number of alkyl carbamates (subject to hydrolysis) is 2. The molecule has 2 aliphatic heterocycles. The lowest BCUT2D eigenvalue weighted by Crippen LogP contribution is -2.32. The van der Waals surface area contributed by atoms with Crippen LogP contribution in [0.1, 0.15) is 108 Å². The number of piperidine rings is 2. The maximum absolute atomic E-state index is 11.7. The first-order valence-electron chi connectivity index (χ1n) is 16.3. The fourth-order valence-corrected chi connectivity index (χ4v) is 5.20. The molecule has 2 fully saturated rings. The van der Waals surface area contributed by atoms with E-state index in [1.165, 1.54) is 36.8 Å². The van der Waals surface area contributed by atoms with Crippen molar-refractivity contribution in [3.63, 3.8) is 0 Å². The van der Waals surface area contributed by atoms with Crippen molar-refractivity contribution in [2.24, 2.45) is 0 Å². The number of rotatable bonds is 6. The van der Waals surface area contributed by atoms with E-state index in [0.29, 0.717) is 24.9 Å². The molecule has 10 heteroatoms. The lowest BCUT2D eigenvalue weighted by atomic mass is 9.89. The average Bonchev–Trinajstić information content (AvgIpc) is 2.99. The van der Waals surface area contributed by atoms with Gasteiger partial charge in [0.1, 0.15) is 11.2 Å². The number of aliphatic carboxylic acids is 1. The van der Waals surface area contributed by atoms with E-state index in [4.69, 9.17) is 19.4 Å². The van der Waals surface area contributed by atoms with Crippen LogP contribution in [-0.2, 0) is 27.4 Å². The predicted octanol–water partition coefficient (Wildman–Crippen LogP) is 6.45. The van der Waals surface area contributed by atoms with Gasteiger partial charge in [-0.3, -0.25) is 4.79 Å². The summed E-state index contributed by atoms with van der Waals surface area (Å²) >= 11 is 0. The Hall–Kier alpha value is -3.63. The van der Waals surface area contributed by atoms with Crippen LogP contribution in [0.15, 0.2) is 48.5 Å². The summed E-state index contributed by atoms with van der Waals surface area (Å²) in [5.41, 5.74) is 4.08. The number of amides is 2. The molecule has 4 rings (SSSR count). The van der Waals surface area contributed by atoms with Gasteiger partial charge in [-0.25, -0.2) is 9.59 Å². The number of carboxylic acid groups (broad SMARTS) is 1. The summed E-state index contributed by atoms with van der Waals surface area (Å²) in [4.78, 5) is 32.4. The maximum atomic E-state index is 11.7. The molecule has 0 atom stereocenters. The molecule has 46 heavy (non-hydrogen) atoms. The van der Waals surface area contributed by atoms with E-state index in [1.54, 1.807) is 0 Å². The second-order valence-corrected chi connectivity index (χ2v) is 13.8. The van der Waals surface area contributed by atoms with Crippen LogP contribution in [0.2, 0.25) is 0 Å². The van der Waals surface area contributed by atoms with Crippen molar-refractivity contribution in [3.8, 4) is 0 Å². The number of carboxylic acids is 1. The fraction of sp³-hybridized carbons (Fsp3) is 0.583. The van der Waals surface area contributed by atoms with Gasteiger partial charge in [-0.1, -0.05) is 48.5 Å². The Kier molecular flexibility index (Phi) is 16.0. The van der Waals surface area contributed by atoms with E-state index >= 15 is 0 Å². The predicted molar refractivity (Wildman–Crippen MR) is 182 cm³/mol. The van der Waals surface area contributed by atoms with Crippen LogP contribution in [0.25, 0.3) is 0 Å². The lowest BCUT2D eigenvalue weighted by molar-refractivity contribution is -0.134. The van der Waals surface area contributed by atoms with Crippen molar-refractivity contribution < 1.29 is 29.0 Å². The first kappa shape index (κ1) is 38.6. The van der Waals surface area contributed by atoms with Crippen LogP contribution < -0.4 is 21.3 Å². The molecule has 2 aromatic carbocycles. The Morgan fingerprint density at radius 3 is 1.33 bits per heavy atom. The van der Waals surface area contributed by atoms with Gasteiger partial charge in [-0.2, -0.15) is 0 Å². The molecule has 2 amide bonds. The molecule has 2 aliphatic rings. The summed E-state index contributed by atoms with van der Waals surface area (Å²) < 4.78 is 10.5. The number of carbonyl (C=O) groups excluding carboxylic acids is 2. The monoisotopic (exact) mass is 640 g/mol. The lowest BCUT2D eigenvalue weighted by Gasteiger charge is -2.23. The average molecular weight is 641 g/mol. The Bertz CT molecular complexity index is 1130. The molecule has 256 valence electrons. The number of hydrogen-bond donors (Lipinski definition) is 5. The first-order chi connectivity index (χ1) is 21.6. The molecule has 0 aromatic heterocycles. The largest absolute Gasteiger partial charge is 0.481 e. The minimum absolute atomic E-state index is 0.366. The van der Waals surface area contributed by atoms with Crippen molar-refractivity contribution in [1.82, 2.24) is 21.3 Å². The van der Waals surface area contributed by atoms with Crippen molar-refractivity contribution >= 4 is 18.2 Å². The van der Waals surface area contributed by atoms with Gasteiger partial charge in [0.05, 0.1) is 0 Å². The zero-order chi connectivity index (χ0) is 34.2. The van der Waals surface area contributed by atoms with Crippen LogP contribution in [0.4, 0.5) is 9.59 Å². The van der Waals surface area contributed by atoms with Gasteiger partial charge >= 0.3 is 12.2 Å². The zero-order valence-electron chi connectivity index (χ0n) is 28.8. The second kappa shape index (κ2) is 19.1. The van der Waals surface area contributed by atoms with Crippen molar-refractivity contribution in [2.75, 3.05) is 26.2 Å². The van der Waals surface area contributed by atoms with Gasteiger partial charge in [0, 0.05) is 20.0 Å². The van der Waals surface area contributed by atoms with Gasteiger partial charge < -0.3 is 35.8 Å². The summed E-state index contributed by atoms with van der Waals surface area (Å²) in [7, 11) is 0. The van der Waals surface area contributed by atoms with Crippen LogP contribution in [0.5, 0.6) is 0 Å². The van der Waals surface area contributed by atoms with E-state index in [9.17, 15) is 9.59 Å². The molecular formula is C36H56N4O6. The topological polar surface area (TPSA) is 138 Å². The summed E-state index contributed by atoms with van der Waals surface area (Å²) in [6.07, 6.45) is 4.00. The molecule has 0 aliphatic carbocycles. The molecule has 5 N–H and O–H groups in total. The van der Waals surface area contributed by atoms with E-state index in [2.05, 4.69) is 57.7 Å². The van der Waals surface area contributed by atoms with Crippen LogP contribution in [0, 0.1) is 0 Å². The molecule has 0 unspecified atom stereocenters. The molecule has 0 saturated carbocycles. The molecule has 2 heterocycles. The number of hydrogen-bond acceptors (Lipinski definition) is 7. The highest BCUT2D eigenvalue weighted by Gasteiger charge is 2.19. The molecular weight excluding hydrogens is 584 g/mol. The van der Waals surface area contributed by atoms with Crippen molar-refractivity contribution in [2.45, 2.75) is 110 Å². The summed E-state index contributed by atoms with van der Waals surface area (Å²) in [5, 5.41) is 19.8. The summed E-state index contributed by atoms with van der Waals surface area (Å²) in [6, 6.07) is 17.0. The molecule has 2 aromatic rings. The van der Waals surface area contributed by atoms with Gasteiger partial charge in [0.25, 0.3) is 5.97 Å². The number of ether oxygens (including phenoxy) is 2. The Morgan fingerprint density at radius 2 is 1.02 bits per heavy atom. The van der Waals surface area contributed by atoms with Crippen molar-refractivity contribution in [3.05, 3.63) is 70.8 Å². The first-order valence-corrected chi connectivity index (χ1v) is 16.3. The Morgan fingerprint density at radius 1 is 0.696 bits per heavy atom. The zero-order valence-corrected chi connectivity index (χ0v) is 28.8. The SMILES string of the molecule is CC(=O)O.CC(C)(C)OC(=O)NCc1cccc(C2CCNCC2)c1.CC(C)(C)OC(=O)NCc1cccc(C2CCNCC2)c1. The number of benzene rings is 2. The fourth-order valence-electron chi connectivity index (χ4n) is 5.20. The minimum Gasteiger partial charge on any atom is -0.481 e. The summed E-state index contributed by atoms with van der Waals surface area (Å²) in [5.74, 6) is 0.431. The standard InChI is InChI=1S/2C17H26N2O2.C2H4O2/c2*1-17(2,3)21-16(20)19-12-13-5-4-6-15(11-13)14-7-9-18-10-8-14;1-2(3)4/h2*4-6,11,14,18H,7-10,12H2,1-3H3,(H,19,20);1H3,(H,3,4). The molecule has 0 radical (unpaired) electrons. The quantitative estimate of drug-likeness (QED) is 0.243. The molecule has 0 spiro atoms. The van der Waals surface area contributed by atoms with Crippen LogP contribution in [0.3, 0.4) is 0 Å². The molecule has 2 saturated heterocycles. The number of carbonyl (C=O) groups is 3. The van der Waals surface area contributed by atoms with Gasteiger partial charge in [0.2, 0.25) is 0 Å². The Labute approximate surface area is 275 Å². The molecule has 10 nitrogen and oxygen atoms in total. The maximum Gasteiger partial charge on any atom is 0.407 e. The third-order valence-electron chi connectivity index (χ3n) is 7.19. The van der Waals surface area contributed by atoms with E-state index in [1.807, 2.05) is 53.7 Å². The highest BCUT2D eigenvalue weighted by molar-refractivity contribution is 5.68. The van der Waals surface area contributed by atoms with Crippen molar-refractivity contribution in [1.29, 1.82) is 0 Å². The Balaban J connectivity index is 0.000000287. The second-order valence-electron chi connectivity index (χ2n) is 13.8. The summed E-state index contributed by atoms with van der Waals surface area (Å²) in [6.45, 7) is 17.6. The van der Waals surface area contributed by atoms with Gasteiger partial charge in [-0.05, 0) is 127 Å². The van der Waals surface area contributed by atoms with E-state index in [-0.39, 0.29) is 12.2 Å². The minimum atomic E-state index is -0.833. The highest BCUT2D eigenvalue weighted by atomic mass is 16.6. The van der Waals surface area contributed by atoms with E-state index in [0.717, 1.165) is 44.2 Å². The highest BCUT2D eigenvalue weighted by Crippen LogP contribution is 2.26. The molecule has 0 bridgehead atoms. The van der Waals surface area contributed by atoms with E-state index < -0.39 is 17.2 Å². The smallest absolute Gasteiger partial charge is 0.407 e. The number of nitrogens with one attached hydrogen (secondary N) is 4. The normalized spacial score (nSPS) is 15.6.